The molecule has 0 atom stereocenters. The normalized spacial score (nSPS) is 11.8. The van der Waals surface area contributed by atoms with E-state index in [1.165, 1.54) is 0 Å². The second-order valence-electron chi connectivity index (χ2n) is 4.95. The highest BCUT2D eigenvalue weighted by molar-refractivity contribution is 5.87. The van der Waals surface area contributed by atoms with Gasteiger partial charge in [0.25, 0.3) is 0 Å². The van der Waals surface area contributed by atoms with E-state index >= 15 is 0 Å². The molecule has 2 aromatic rings. The molecule has 0 bridgehead atoms. The highest BCUT2D eigenvalue weighted by Gasteiger charge is 2.21. The van der Waals surface area contributed by atoms with Crippen molar-refractivity contribution in [1.82, 2.24) is 20.2 Å². The maximum Gasteiger partial charge on any atom is 0.226 e. The highest BCUT2D eigenvalue weighted by Crippen LogP contribution is 2.26. The molecule has 2 heterocycles. The minimum atomic E-state index is 0.0298. The number of H-pyrrole nitrogens is 1. The Balaban J connectivity index is 2.42. The summed E-state index contributed by atoms with van der Waals surface area (Å²) in [6.45, 7) is 9.37. The molecule has 0 amide bonds. The Morgan fingerprint density at radius 2 is 1.95 bits per heavy atom. The predicted molar refractivity (Wildman–Crippen MR) is 78.5 cm³/mol. The monoisotopic (exact) mass is 262 g/mol. The van der Waals surface area contributed by atoms with Gasteiger partial charge in [-0.25, -0.2) is 0 Å². The third kappa shape index (κ3) is 2.77. The Morgan fingerprint density at radius 3 is 2.58 bits per heavy atom. The van der Waals surface area contributed by atoms with Crippen LogP contribution in [0.4, 0.5) is 11.8 Å². The summed E-state index contributed by atoms with van der Waals surface area (Å²) in [4.78, 5) is 8.94. The zero-order valence-electron chi connectivity index (χ0n) is 12.0. The zero-order chi connectivity index (χ0) is 13.9. The number of rotatable bonds is 6. The van der Waals surface area contributed by atoms with Crippen molar-refractivity contribution in [2.45, 2.75) is 46.1 Å². The van der Waals surface area contributed by atoms with Crippen LogP contribution in [0.25, 0.3) is 11.0 Å². The van der Waals surface area contributed by atoms with Gasteiger partial charge in [-0.3, -0.25) is 5.10 Å². The largest absolute Gasteiger partial charge is 0.364 e. The summed E-state index contributed by atoms with van der Waals surface area (Å²) in [5.41, 5.74) is 0.783. The van der Waals surface area contributed by atoms with Crippen LogP contribution in [0.15, 0.2) is 6.20 Å². The van der Waals surface area contributed by atoms with Crippen molar-refractivity contribution in [2.24, 2.45) is 0 Å². The molecule has 3 N–H and O–H groups in total. The molecule has 0 aliphatic rings. The van der Waals surface area contributed by atoms with Crippen LogP contribution in [0.1, 0.15) is 40.5 Å². The summed E-state index contributed by atoms with van der Waals surface area (Å²) < 4.78 is 0. The lowest BCUT2D eigenvalue weighted by Crippen LogP contribution is -2.33. The van der Waals surface area contributed by atoms with Gasteiger partial charge in [-0.05, 0) is 26.7 Å². The molecule has 6 nitrogen and oxygen atoms in total. The second-order valence-corrected chi connectivity index (χ2v) is 4.95. The Labute approximate surface area is 113 Å². The van der Waals surface area contributed by atoms with Crippen molar-refractivity contribution in [3.05, 3.63) is 6.20 Å². The summed E-state index contributed by atoms with van der Waals surface area (Å²) in [6, 6.07) is 0. The molecular formula is C13H22N6. The van der Waals surface area contributed by atoms with Crippen LogP contribution < -0.4 is 10.6 Å². The Kier molecular flexibility index (Phi) is 3.87. The van der Waals surface area contributed by atoms with Gasteiger partial charge in [0.2, 0.25) is 5.95 Å². The van der Waals surface area contributed by atoms with Gasteiger partial charge in [0, 0.05) is 12.1 Å². The molecule has 0 radical (unpaired) electrons. The number of aromatic amines is 1. The predicted octanol–water partition coefficient (Wildman–Crippen LogP) is 2.78. The summed E-state index contributed by atoms with van der Waals surface area (Å²) in [7, 11) is 0. The van der Waals surface area contributed by atoms with Gasteiger partial charge in [0.1, 0.15) is 5.82 Å². The molecule has 0 spiro atoms. The Hall–Kier alpha value is -1.85. The third-order valence-corrected chi connectivity index (χ3v) is 3.63. The minimum absolute atomic E-state index is 0.0298. The fourth-order valence-corrected chi connectivity index (χ4v) is 1.88. The summed E-state index contributed by atoms with van der Waals surface area (Å²) in [5.74, 6) is 1.46. The lowest BCUT2D eigenvalue weighted by atomic mass is 9.95. The van der Waals surface area contributed by atoms with Crippen molar-refractivity contribution in [3.8, 4) is 0 Å². The summed E-state index contributed by atoms with van der Waals surface area (Å²) >= 11 is 0. The molecule has 0 aliphatic heterocycles. The number of hydrogen-bond acceptors (Lipinski definition) is 5. The van der Waals surface area contributed by atoms with Crippen LogP contribution in [0.2, 0.25) is 0 Å². The van der Waals surface area contributed by atoms with E-state index in [0.717, 1.165) is 36.2 Å². The molecule has 0 saturated heterocycles. The van der Waals surface area contributed by atoms with E-state index in [0.29, 0.717) is 5.95 Å². The topological polar surface area (TPSA) is 78.5 Å². The maximum atomic E-state index is 4.55. The highest BCUT2D eigenvalue weighted by atomic mass is 15.2. The first-order valence-corrected chi connectivity index (χ1v) is 6.85. The van der Waals surface area contributed by atoms with E-state index < -0.39 is 0 Å². The Morgan fingerprint density at radius 1 is 1.21 bits per heavy atom. The molecule has 2 rings (SSSR count). The first kappa shape index (κ1) is 13.6. The van der Waals surface area contributed by atoms with Crippen LogP contribution in [0.5, 0.6) is 0 Å². The van der Waals surface area contributed by atoms with E-state index in [1.54, 1.807) is 6.20 Å². The molecule has 0 unspecified atom stereocenters. The SMILES string of the molecule is CCNc1nc(NC(C)(CC)CC)c2cn[nH]c2n1. The molecule has 0 saturated carbocycles. The number of aromatic nitrogens is 4. The van der Waals surface area contributed by atoms with E-state index in [-0.39, 0.29) is 5.54 Å². The first-order valence-electron chi connectivity index (χ1n) is 6.85. The van der Waals surface area contributed by atoms with Gasteiger partial charge in [-0.1, -0.05) is 13.8 Å². The van der Waals surface area contributed by atoms with Crippen LogP contribution in [-0.2, 0) is 0 Å². The molecular weight excluding hydrogens is 240 g/mol. The molecule has 104 valence electrons. The molecule has 0 fully saturated rings. The summed E-state index contributed by atoms with van der Waals surface area (Å²) in [5, 5.41) is 14.5. The van der Waals surface area contributed by atoms with Gasteiger partial charge >= 0.3 is 0 Å². The second kappa shape index (κ2) is 5.42. The lowest BCUT2D eigenvalue weighted by Gasteiger charge is -2.29. The minimum Gasteiger partial charge on any atom is -0.364 e. The van der Waals surface area contributed by atoms with Gasteiger partial charge in [-0.2, -0.15) is 15.1 Å². The average Bonchev–Trinajstić information content (AvgIpc) is 2.87. The van der Waals surface area contributed by atoms with Gasteiger partial charge in [0.15, 0.2) is 5.65 Å². The van der Waals surface area contributed by atoms with Gasteiger partial charge < -0.3 is 10.6 Å². The fourth-order valence-electron chi connectivity index (χ4n) is 1.88. The van der Waals surface area contributed by atoms with E-state index in [9.17, 15) is 0 Å². The number of nitrogens with zero attached hydrogens (tertiary/aromatic N) is 3. The van der Waals surface area contributed by atoms with Gasteiger partial charge in [-0.15, -0.1) is 0 Å². The summed E-state index contributed by atoms with van der Waals surface area (Å²) in [6.07, 6.45) is 3.83. The van der Waals surface area contributed by atoms with Crippen molar-refractivity contribution >= 4 is 22.8 Å². The van der Waals surface area contributed by atoms with E-state index in [4.69, 9.17) is 0 Å². The van der Waals surface area contributed by atoms with Crippen LogP contribution in [0, 0.1) is 0 Å². The van der Waals surface area contributed by atoms with Crippen molar-refractivity contribution in [1.29, 1.82) is 0 Å². The third-order valence-electron chi connectivity index (χ3n) is 3.63. The lowest BCUT2D eigenvalue weighted by molar-refractivity contribution is 0.477. The molecule has 2 aromatic heterocycles. The molecule has 6 heteroatoms. The number of fused-ring (bicyclic) bond motifs is 1. The van der Waals surface area contributed by atoms with Crippen molar-refractivity contribution < 1.29 is 0 Å². The van der Waals surface area contributed by atoms with Crippen LogP contribution >= 0.6 is 0 Å². The quantitative estimate of drug-likeness (QED) is 0.746. The maximum absolute atomic E-state index is 4.55. The average molecular weight is 262 g/mol. The molecule has 0 aliphatic carbocycles. The number of hydrogen-bond donors (Lipinski definition) is 3. The number of anilines is 2. The number of nitrogens with one attached hydrogen (secondary N) is 3. The van der Waals surface area contributed by atoms with Crippen molar-refractivity contribution in [2.75, 3.05) is 17.2 Å². The fraction of sp³-hybridized carbons (Fsp3) is 0.615. The zero-order valence-corrected chi connectivity index (χ0v) is 12.0. The van der Waals surface area contributed by atoms with Crippen LogP contribution in [-0.4, -0.2) is 32.2 Å². The molecule has 0 aromatic carbocycles. The van der Waals surface area contributed by atoms with Crippen LogP contribution in [0.3, 0.4) is 0 Å². The molecule has 19 heavy (non-hydrogen) atoms. The first-order chi connectivity index (χ1) is 9.11. The van der Waals surface area contributed by atoms with Crippen molar-refractivity contribution in [3.63, 3.8) is 0 Å². The van der Waals surface area contributed by atoms with E-state index in [2.05, 4.69) is 51.6 Å². The standard InChI is InChI=1S/C13H22N6/c1-5-13(4,6-2)18-10-9-8-15-19-11(9)17-12(16-10)14-7-3/h8H,5-7H2,1-4H3,(H3,14,15,16,17,18,19). The Bertz CT molecular complexity index is 543. The smallest absolute Gasteiger partial charge is 0.226 e. The van der Waals surface area contributed by atoms with Gasteiger partial charge in [0.05, 0.1) is 11.6 Å². The van der Waals surface area contributed by atoms with E-state index in [1.807, 2.05) is 6.92 Å².